The Hall–Kier alpha value is -1.47. The molecule has 7 heteroatoms. The number of sulfone groups is 1. The molecule has 1 aliphatic heterocycles. The van der Waals surface area contributed by atoms with Crippen molar-refractivity contribution in [3.63, 3.8) is 0 Å². The average Bonchev–Trinajstić information content (AvgIpc) is 2.82. The van der Waals surface area contributed by atoms with Gasteiger partial charge in [-0.1, -0.05) is 13.0 Å². The summed E-state index contributed by atoms with van der Waals surface area (Å²) in [5, 5.41) is 3.33. The van der Waals surface area contributed by atoms with Gasteiger partial charge in [-0.2, -0.15) is 0 Å². The van der Waals surface area contributed by atoms with Crippen molar-refractivity contribution in [2.45, 2.75) is 45.2 Å². The van der Waals surface area contributed by atoms with Crippen LogP contribution in [-0.4, -0.2) is 54.8 Å². The minimum atomic E-state index is -3.34. The summed E-state index contributed by atoms with van der Waals surface area (Å²) in [6.45, 7) is 3.96. The Balaban J connectivity index is 2.16. The van der Waals surface area contributed by atoms with Crippen LogP contribution in [0.4, 0.5) is 0 Å². The van der Waals surface area contributed by atoms with E-state index < -0.39 is 15.6 Å². The molecule has 2 rings (SSSR count). The quantitative estimate of drug-likeness (QED) is 0.801. The molecular weight excluding hydrogens is 326 g/mol. The Morgan fingerprint density at radius 1 is 1.33 bits per heavy atom. The molecule has 24 heavy (non-hydrogen) atoms. The van der Waals surface area contributed by atoms with E-state index in [9.17, 15) is 13.2 Å². The molecule has 1 amide bonds. The molecule has 0 saturated carbocycles. The number of nitrogens with zero attached hydrogens (tertiary/aromatic N) is 2. The van der Waals surface area contributed by atoms with Crippen LogP contribution in [0.15, 0.2) is 24.4 Å². The number of pyridine rings is 1. The van der Waals surface area contributed by atoms with E-state index in [1.54, 1.807) is 11.1 Å². The maximum atomic E-state index is 12.7. The Morgan fingerprint density at radius 2 is 2.17 bits per heavy atom. The topological polar surface area (TPSA) is 79.4 Å². The first-order valence-corrected chi connectivity index (χ1v) is 10.4. The van der Waals surface area contributed by atoms with Crippen LogP contribution < -0.4 is 5.32 Å². The van der Waals surface area contributed by atoms with Gasteiger partial charge in [-0.15, -0.1) is 0 Å². The monoisotopic (exact) mass is 353 g/mol. The van der Waals surface area contributed by atoms with E-state index in [2.05, 4.69) is 10.3 Å². The van der Waals surface area contributed by atoms with Gasteiger partial charge >= 0.3 is 0 Å². The zero-order chi connectivity index (χ0) is 17.4. The van der Waals surface area contributed by atoms with Crippen LogP contribution >= 0.6 is 0 Å². The summed E-state index contributed by atoms with van der Waals surface area (Å²) >= 11 is 0. The van der Waals surface area contributed by atoms with Crippen molar-refractivity contribution in [2.24, 2.45) is 0 Å². The van der Waals surface area contributed by atoms with Crippen molar-refractivity contribution in [2.75, 3.05) is 24.6 Å². The molecule has 1 N–H and O–H groups in total. The van der Waals surface area contributed by atoms with Gasteiger partial charge in [0.15, 0.2) is 9.84 Å². The standard InChI is InChI=1S/C17H27N3O3S/c1-2-12-24(22,23)14-17(21)20(13-15-6-3-4-10-19-15)16-7-5-9-18-11-8-16/h3-4,6,10,16,18H,2,5,7-9,11-14H2,1H3. The lowest BCUT2D eigenvalue weighted by atomic mass is 10.1. The van der Waals surface area contributed by atoms with Crippen LogP contribution in [0.3, 0.4) is 0 Å². The highest BCUT2D eigenvalue weighted by atomic mass is 32.2. The molecule has 6 nitrogen and oxygen atoms in total. The van der Waals surface area contributed by atoms with E-state index in [-0.39, 0.29) is 17.7 Å². The van der Waals surface area contributed by atoms with Gasteiger partial charge in [0, 0.05) is 12.2 Å². The third-order valence-corrected chi connectivity index (χ3v) is 5.94. The summed E-state index contributed by atoms with van der Waals surface area (Å²) in [7, 11) is -3.34. The Morgan fingerprint density at radius 3 is 2.88 bits per heavy atom. The predicted molar refractivity (Wildman–Crippen MR) is 94.2 cm³/mol. The lowest BCUT2D eigenvalue weighted by Gasteiger charge is -2.31. The van der Waals surface area contributed by atoms with Crippen molar-refractivity contribution in [3.8, 4) is 0 Å². The number of hydrogen-bond acceptors (Lipinski definition) is 5. The van der Waals surface area contributed by atoms with Gasteiger partial charge in [0.2, 0.25) is 5.91 Å². The summed E-state index contributed by atoms with van der Waals surface area (Å²) < 4.78 is 24.1. The molecule has 0 aromatic carbocycles. The third kappa shape index (κ3) is 5.87. The van der Waals surface area contributed by atoms with Gasteiger partial charge < -0.3 is 10.2 Å². The fourth-order valence-corrected chi connectivity index (χ4v) is 4.36. The SMILES string of the molecule is CCCS(=O)(=O)CC(=O)N(Cc1ccccn1)C1CCCNCC1. The molecule has 1 aliphatic rings. The largest absolute Gasteiger partial charge is 0.333 e. The fraction of sp³-hybridized carbons (Fsp3) is 0.647. The second-order valence-corrected chi connectivity index (χ2v) is 8.45. The lowest BCUT2D eigenvalue weighted by Crippen LogP contribution is -2.43. The smallest absolute Gasteiger partial charge is 0.238 e. The van der Waals surface area contributed by atoms with E-state index in [0.29, 0.717) is 13.0 Å². The second kappa shape index (κ2) is 9.13. The van der Waals surface area contributed by atoms with E-state index >= 15 is 0 Å². The zero-order valence-electron chi connectivity index (χ0n) is 14.3. The first-order valence-electron chi connectivity index (χ1n) is 8.62. The third-order valence-electron chi connectivity index (χ3n) is 4.22. The second-order valence-electron chi connectivity index (χ2n) is 6.27. The summed E-state index contributed by atoms with van der Waals surface area (Å²) in [5.74, 6) is -0.652. The van der Waals surface area contributed by atoms with E-state index in [0.717, 1.165) is 38.0 Å². The number of rotatable bonds is 7. The van der Waals surface area contributed by atoms with Gasteiger partial charge in [-0.05, 0) is 50.9 Å². The number of nitrogens with one attached hydrogen (secondary N) is 1. The molecule has 1 atom stereocenters. The van der Waals surface area contributed by atoms with Crippen LogP contribution in [0, 0.1) is 0 Å². The maximum Gasteiger partial charge on any atom is 0.238 e. The first-order chi connectivity index (χ1) is 11.5. The molecule has 1 saturated heterocycles. The highest BCUT2D eigenvalue weighted by molar-refractivity contribution is 7.92. The molecule has 0 bridgehead atoms. The number of amides is 1. The average molecular weight is 353 g/mol. The summed E-state index contributed by atoms with van der Waals surface area (Å²) in [4.78, 5) is 18.8. The highest BCUT2D eigenvalue weighted by Crippen LogP contribution is 2.17. The number of aromatic nitrogens is 1. The van der Waals surface area contributed by atoms with Crippen molar-refractivity contribution in [1.29, 1.82) is 0 Å². The van der Waals surface area contributed by atoms with E-state index in [1.165, 1.54) is 0 Å². The molecule has 0 spiro atoms. The number of carbonyl (C=O) groups is 1. The van der Waals surface area contributed by atoms with Crippen molar-refractivity contribution >= 4 is 15.7 Å². The first kappa shape index (κ1) is 18.9. The number of carbonyl (C=O) groups excluding carboxylic acids is 1. The molecule has 1 aromatic heterocycles. The van der Waals surface area contributed by atoms with Gasteiger partial charge in [-0.3, -0.25) is 9.78 Å². The molecular formula is C17H27N3O3S. The molecule has 2 heterocycles. The Labute approximate surface area is 144 Å². The van der Waals surface area contributed by atoms with E-state index in [1.807, 2.05) is 25.1 Å². The Bertz CT molecular complexity index is 611. The zero-order valence-corrected chi connectivity index (χ0v) is 15.1. The van der Waals surface area contributed by atoms with Crippen LogP contribution in [0.2, 0.25) is 0 Å². The fourth-order valence-electron chi connectivity index (χ4n) is 3.05. The maximum absolute atomic E-state index is 12.7. The normalized spacial score (nSPS) is 18.8. The summed E-state index contributed by atoms with van der Waals surface area (Å²) in [6.07, 6.45) is 4.94. The molecule has 1 unspecified atom stereocenters. The van der Waals surface area contributed by atoms with Crippen LogP contribution in [0.5, 0.6) is 0 Å². The highest BCUT2D eigenvalue weighted by Gasteiger charge is 2.28. The minimum Gasteiger partial charge on any atom is -0.333 e. The molecule has 1 fully saturated rings. The minimum absolute atomic E-state index is 0.0579. The molecule has 0 aliphatic carbocycles. The molecule has 1 aromatic rings. The summed E-state index contributed by atoms with van der Waals surface area (Å²) in [5.41, 5.74) is 0.788. The summed E-state index contributed by atoms with van der Waals surface area (Å²) in [6, 6.07) is 5.64. The van der Waals surface area contributed by atoms with Crippen LogP contribution in [0.1, 0.15) is 38.3 Å². The van der Waals surface area contributed by atoms with Crippen molar-refractivity contribution in [1.82, 2.24) is 15.2 Å². The van der Waals surface area contributed by atoms with E-state index in [4.69, 9.17) is 0 Å². The molecule has 134 valence electrons. The van der Waals surface area contributed by atoms with Gasteiger partial charge in [0.1, 0.15) is 5.75 Å². The van der Waals surface area contributed by atoms with Crippen molar-refractivity contribution in [3.05, 3.63) is 30.1 Å². The predicted octanol–water partition coefficient (Wildman–Crippen LogP) is 1.38. The molecule has 0 radical (unpaired) electrons. The van der Waals surface area contributed by atoms with Gasteiger partial charge in [0.25, 0.3) is 0 Å². The van der Waals surface area contributed by atoms with Crippen LogP contribution in [0.25, 0.3) is 0 Å². The van der Waals surface area contributed by atoms with Gasteiger partial charge in [-0.25, -0.2) is 8.42 Å². The lowest BCUT2D eigenvalue weighted by molar-refractivity contribution is -0.131. The van der Waals surface area contributed by atoms with Crippen LogP contribution in [-0.2, 0) is 21.2 Å². The van der Waals surface area contributed by atoms with Gasteiger partial charge in [0.05, 0.1) is 18.0 Å². The number of hydrogen-bond donors (Lipinski definition) is 1. The Kier molecular flexibility index (Phi) is 7.17. The van der Waals surface area contributed by atoms with Crippen molar-refractivity contribution < 1.29 is 13.2 Å².